The molecule has 2 aromatic heterocycles. The van der Waals surface area contributed by atoms with Gasteiger partial charge in [-0.1, -0.05) is 24.3 Å². The SMILES string of the molecule is O=C(Nc1ccn(-c2ccccc2F)n1)C1CCC(n2cnc3ccccc32)CC1. The van der Waals surface area contributed by atoms with Gasteiger partial charge >= 0.3 is 0 Å². The van der Waals surface area contributed by atoms with Gasteiger partial charge in [0, 0.05) is 24.2 Å². The number of amides is 1. The minimum absolute atomic E-state index is 0.0253. The number of hydrogen-bond acceptors (Lipinski definition) is 3. The summed E-state index contributed by atoms with van der Waals surface area (Å²) < 4.78 is 17.6. The number of fused-ring (bicyclic) bond motifs is 1. The number of carbonyl (C=O) groups excluding carboxylic acids is 1. The monoisotopic (exact) mass is 403 g/mol. The summed E-state index contributed by atoms with van der Waals surface area (Å²) in [5, 5.41) is 7.19. The topological polar surface area (TPSA) is 64.7 Å². The van der Waals surface area contributed by atoms with Crippen LogP contribution in [0.4, 0.5) is 10.2 Å². The third-order valence-electron chi connectivity index (χ3n) is 5.88. The second kappa shape index (κ2) is 7.74. The van der Waals surface area contributed by atoms with Gasteiger partial charge < -0.3 is 9.88 Å². The lowest BCUT2D eigenvalue weighted by atomic mass is 9.85. The van der Waals surface area contributed by atoms with Crippen molar-refractivity contribution < 1.29 is 9.18 Å². The fourth-order valence-corrected chi connectivity index (χ4v) is 4.28. The molecule has 1 aliphatic rings. The maximum atomic E-state index is 13.9. The molecule has 6 nitrogen and oxygen atoms in total. The zero-order valence-electron chi connectivity index (χ0n) is 16.4. The van der Waals surface area contributed by atoms with E-state index >= 15 is 0 Å². The number of imidazole rings is 1. The molecular formula is C23H22FN5O. The van der Waals surface area contributed by atoms with E-state index < -0.39 is 0 Å². The number of nitrogens with one attached hydrogen (secondary N) is 1. The number of carbonyl (C=O) groups is 1. The first-order valence-electron chi connectivity index (χ1n) is 10.2. The molecule has 152 valence electrons. The number of aromatic nitrogens is 4. The normalized spacial score (nSPS) is 19.1. The van der Waals surface area contributed by atoms with Crippen molar-refractivity contribution in [1.29, 1.82) is 0 Å². The summed E-state index contributed by atoms with van der Waals surface area (Å²) in [6, 6.07) is 16.6. The highest BCUT2D eigenvalue weighted by atomic mass is 19.1. The minimum Gasteiger partial charge on any atom is -0.327 e. The van der Waals surface area contributed by atoms with Crippen LogP contribution < -0.4 is 5.32 Å². The van der Waals surface area contributed by atoms with Crippen molar-refractivity contribution in [2.45, 2.75) is 31.7 Å². The van der Waals surface area contributed by atoms with E-state index in [9.17, 15) is 9.18 Å². The second-order valence-electron chi connectivity index (χ2n) is 7.73. The average molecular weight is 403 g/mol. The van der Waals surface area contributed by atoms with Crippen LogP contribution in [0, 0.1) is 11.7 Å². The molecule has 1 amide bonds. The van der Waals surface area contributed by atoms with Gasteiger partial charge in [0.25, 0.3) is 0 Å². The van der Waals surface area contributed by atoms with Crippen molar-refractivity contribution in [3.8, 4) is 5.69 Å². The van der Waals surface area contributed by atoms with Gasteiger partial charge in [-0.05, 0) is 49.9 Å². The summed E-state index contributed by atoms with van der Waals surface area (Å²) in [6.07, 6.45) is 7.05. The van der Waals surface area contributed by atoms with Crippen molar-refractivity contribution in [3.05, 3.63) is 72.9 Å². The summed E-state index contributed by atoms with van der Waals surface area (Å²) in [7, 11) is 0. The fraction of sp³-hybridized carbons (Fsp3) is 0.261. The molecule has 1 N–H and O–H groups in total. The van der Waals surface area contributed by atoms with E-state index in [1.165, 1.54) is 10.7 Å². The zero-order chi connectivity index (χ0) is 20.5. The molecule has 2 heterocycles. The quantitative estimate of drug-likeness (QED) is 0.536. The summed E-state index contributed by atoms with van der Waals surface area (Å²) in [4.78, 5) is 17.2. The lowest BCUT2D eigenvalue weighted by Gasteiger charge is -2.28. The van der Waals surface area contributed by atoms with Crippen molar-refractivity contribution in [1.82, 2.24) is 19.3 Å². The summed E-state index contributed by atoms with van der Waals surface area (Å²) in [6.45, 7) is 0. The Morgan fingerprint density at radius 3 is 2.60 bits per heavy atom. The third kappa shape index (κ3) is 3.47. The molecule has 0 spiro atoms. The Kier molecular flexibility index (Phi) is 4.78. The highest BCUT2D eigenvalue weighted by Gasteiger charge is 2.28. The largest absolute Gasteiger partial charge is 0.327 e. The van der Waals surface area contributed by atoms with Crippen molar-refractivity contribution >= 4 is 22.8 Å². The number of rotatable bonds is 4. The number of para-hydroxylation sites is 3. The van der Waals surface area contributed by atoms with Crippen LogP contribution in [0.5, 0.6) is 0 Å². The standard InChI is InChI=1S/C23H22FN5O/c24-18-5-1-3-7-20(18)29-14-13-22(27-29)26-23(30)16-9-11-17(12-10-16)28-15-25-19-6-2-4-8-21(19)28/h1-8,13-17H,9-12H2,(H,26,27,30). The van der Waals surface area contributed by atoms with Crippen LogP contribution >= 0.6 is 0 Å². The summed E-state index contributed by atoms with van der Waals surface area (Å²) >= 11 is 0. The van der Waals surface area contributed by atoms with Gasteiger partial charge in [-0.15, -0.1) is 5.10 Å². The van der Waals surface area contributed by atoms with E-state index in [2.05, 4.69) is 26.0 Å². The predicted octanol–water partition coefficient (Wildman–Crippen LogP) is 4.73. The zero-order valence-corrected chi connectivity index (χ0v) is 16.4. The van der Waals surface area contributed by atoms with Crippen LogP contribution in [-0.4, -0.2) is 25.2 Å². The van der Waals surface area contributed by atoms with Crippen LogP contribution in [0.2, 0.25) is 0 Å². The first-order chi connectivity index (χ1) is 14.7. The predicted molar refractivity (Wildman–Crippen MR) is 113 cm³/mol. The van der Waals surface area contributed by atoms with Gasteiger partial charge in [0.05, 0.1) is 17.4 Å². The van der Waals surface area contributed by atoms with Gasteiger partial charge in [0.15, 0.2) is 5.82 Å². The van der Waals surface area contributed by atoms with Gasteiger partial charge in [-0.25, -0.2) is 14.1 Å². The van der Waals surface area contributed by atoms with E-state index in [4.69, 9.17) is 0 Å². The molecular weight excluding hydrogens is 381 g/mol. The van der Waals surface area contributed by atoms with Crippen LogP contribution in [0.1, 0.15) is 31.7 Å². The maximum absolute atomic E-state index is 13.9. The number of nitrogens with zero attached hydrogens (tertiary/aromatic N) is 4. The number of benzene rings is 2. The Labute approximate surface area is 173 Å². The van der Waals surface area contributed by atoms with E-state index in [1.807, 2.05) is 24.5 Å². The minimum atomic E-state index is -0.358. The van der Waals surface area contributed by atoms with Crippen molar-refractivity contribution in [3.63, 3.8) is 0 Å². The average Bonchev–Trinajstić information content (AvgIpc) is 3.41. The highest BCUT2D eigenvalue weighted by Crippen LogP contribution is 2.34. The molecule has 1 fully saturated rings. The molecule has 0 saturated heterocycles. The van der Waals surface area contributed by atoms with Gasteiger partial charge in [-0.2, -0.15) is 0 Å². The number of hydrogen-bond donors (Lipinski definition) is 1. The molecule has 0 aliphatic heterocycles. The van der Waals surface area contributed by atoms with Crippen molar-refractivity contribution in [2.75, 3.05) is 5.32 Å². The van der Waals surface area contributed by atoms with Gasteiger partial charge in [0.2, 0.25) is 5.91 Å². The highest BCUT2D eigenvalue weighted by molar-refractivity contribution is 5.91. The van der Waals surface area contributed by atoms with Crippen LogP contribution in [0.25, 0.3) is 16.7 Å². The summed E-state index contributed by atoms with van der Waals surface area (Å²) in [5.41, 5.74) is 2.50. The molecule has 0 radical (unpaired) electrons. The smallest absolute Gasteiger partial charge is 0.228 e. The molecule has 7 heteroatoms. The molecule has 4 aromatic rings. The van der Waals surface area contributed by atoms with Gasteiger partial charge in [0.1, 0.15) is 11.5 Å². The van der Waals surface area contributed by atoms with E-state index in [0.717, 1.165) is 36.7 Å². The Morgan fingerprint density at radius 2 is 1.77 bits per heavy atom. The van der Waals surface area contributed by atoms with E-state index in [1.54, 1.807) is 30.5 Å². The Balaban J connectivity index is 1.22. The van der Waals surface area contributed by atoms with Crippen molar-refractivity contribution in [2.24, 2.45) is 5.92 Å². The molecule has 2 aromatic carbocycles. The Morgan fingerprint density at radius 1 is 1.00 bits per heavy atom. The lowest BCUT2D eigenvalue weighted by Crippen LogP contribution is -2.28. The molecule has 1 saturated carbocycles. The van der Waals surface area contributed by atoms with Crippen LogP contribution in [0.15, 0.2) is 67.1 Å². The third-order valence-corrected chi connectivity index (χ3v) is 5.88. The Bertz CT molecular complexity index is 1190. The lowest BCUT2D eigenvalue weighted by molar-refractivity contribution is -0.121. The second-order valence-corrected chi connectivity index (χ2v) is 7.73. The maximum Gasteiger partial charge on any atom is 0.228 e. The molecule has 30 heavy (non-hydrogen) atoms. The first kappa shape index (κ1) is 18.5. The number of halogens is 1. The molecule has 0 unspecified atom stereocenters. The van der Waals surface area contributed by atoms with E-state index in [0.29, 0.717) is 17.5 Å². The molecule has 0 atom stereocenters. The number of anilines is 1. The van der Waals surface area contributed by atoms with Crippen LogP contribution in [0.3, 0.4) is 0 Å². The summed E-state index contributed by atoms with van der Waals surface area (Å²) in [5.74, 6) is 0.00664. The fourth-order valence-electron chi connectivity index (χ4n) is 4.28. The van der Waals surface area contributed by atoms with Gasteiger partial charge in [-0.3, -0.25) is 4.79 Å². The van der Waals surface area contributed by atoms with E-state index in [-0.39, 0.29) is 17.6 Å². The molecule has 1 aliphatic carbocycles. The van der Waals surface area contributed by atoms with Crippen LogP contribution in [-0.2, 0) is 4.79 Å². The molecule has 0 bridgehead atoms. The molecule has 5 rings (SSSR count). The first-order valence-corrected chi connectivity index (χ1v) is 10.2. The Hall–Kier alpha value is -3.48.